The van der Waals surface area contributed by atoms with E-state index >= 15 is 0 Å². The molecule has 1 rings (SSSR count). The monoisotopic (exact) mass is 285 g/mol. The van der Waals surface area contributed by atoms with Gasteiger partial charge in [-0.25, -0.2) is 4.39 Å². The largest absolute Gasteiger partial charge is 0.324 e. The first-order valence-electron chi connectivity index (χ1n) is 3.91. The van der Waals surface area contributed by atoms with Crippen LogP contribution in [0.3, 0.4) is 0 Å². The smallest absolute Gasteiger partial charge is 0.137 e. The van der Waals surface area contributed by atoms with Crippen LogP contribution in [0.4, 0.5) is 8.78 Å². The van der Waals surface area contributed by atoms with Crippen LogP contribution in [0, 0.1) is 5.82 Å². The van der Waals surface area contributed by atoms with E-state index in [1.807, 2.05) is 0 Å². The van der Waals surface area contributed by atoms with Gasteiger partial charge in [-0.3, -0.25) is 4.39 Å². The Kier molecular flexibility index (Phi) is 6.24. The highest BCUT2D eigenvalue weighted by Gasteiger charge is 2.07. The van der Waals surface area contributed by atoms with Crippen molar-refractivity contribution in [2.75, 3.05) is 6.67 Å². The molecule has 0 bridgehead atoms. The van der Waals surface area contributed by atoms with Crippen molar-refractivity contribution >= 4 is 28.3 Å². The van der Waals surface area contributed by atoms with E-state index in [-0.39, 0.29) is 30.7 Å². The second kappa shape index (κ2) is 6.32. The van der Waals surface area contributed by atoms with Gasteiger partial charge in [-0.15, -0.1) is 12.4 Å². The topological polar surface area (TPSA) is 26.0 Å². The molecule has 0 aliphatic rings. The summed E-state index contributed by atoms with van der Waals surface area (Å²) in [5.74, 6) is -0.337. The average Bonchev–Trinajstić information content (AvgIpc) is 2.10. The summed E-state index contributed by atoms with van der Waals surface area (Å²) in [6, 6.07) is 4.11. The third kappa shape index (κ3) is 3.52. The Morgan fingerprint density at radius 3 is 2.57 bits per heavy atom. The highest BCUT2D eigenvalue weighted by Crippen LogP contribution is 2.21. The molecule has 0 heterocycles. The highest BCUT2D eigenvalue weighted by molar-refractivity contribution is 9.10. The SMILES string of the molecule is Cl.N[C@H](CCF)c1ccc(F)c(Br)c1. The minimum absolute atomic E-state index is 0. The summed E-state index contributed by atoms with van der Waals surface area (Å²) in [6.45, 7) is -0.462. The number of alkyl halides is 1. The molecule has 1 aromatic carbocycles. The molecule has 1 nitrogen and oxygen atoms in total. The maximum absolute atomic E-state index is 12.8. The Morgan fingerprint density at radius 1 is 1.43 bits per heavy atom. The maximum Gasteiger partial charge on any atom is 0.137 e. The molecule has 0 amide bonds. The predicted octanol–water partition coefficient (Wildman–Crippen LogP) is 3.37. The van der Waals surface area contributed by atoms with Crippen molar-refractivity contribution in [2.45, 2.75) is 12.5 Å². The first-order chi connectivity index (χ1) is 6.15. The van der Waals surface area contributed by atoms with Crippen LogP contribution in [0.5, 0.6) is 0 Å². The van der Waals surface area contributed by atoms with Gasteiger partial charge in [0, 0.05) is 6.04 Å². The van der Waals surface area contributed by atoms with Crippen molar-refractivity contribution in [3.05, 3.63) is 34.1 Å². The number of rotatable bonds is 3. The van der Waals surface area contributed by atoms with Gasteiger partial charge in [-0.1, -0.05) is 6.07 Å². The van der Waals surface area contributed by atoms with Crippen LogP contribution in [0.15, 0.2) is 22.7 Å². The molecule has 14 heavy (non-hydrogen) atoms. The number of halogens is 4. The minimum Gasteiger partial charge on any atom is -0.324 e. The van der Waals surface area contributed by atoms with Gasteiger partial charge in [0.25, 0.3) is 0 Å². The summed E-state index contributed by atoms with van der Waals surface area (Å²) in [5, 5.41) is 0. The normalized spacial score (nSPS) is 12.0. The lowest BCUT2D eigenvalue weighted by atomic mass is 10.1. The van der Waals surface area contributed by atoms with Crippen molar-refractivity contribution < 1.29 is 8.78 Å². The van der Waals surface area contributed by atoms with E-state index in [2.05, 4.69) is 15.9 Å². The lowest BCUT2D eigenvalue weighted by molar-refractivity contribution is 0.441. The first kappa shape index (κ1) is 13.8. The van der Waals surface area contributed by atoms with Gasteiger partial charge < -0.3 is 5.73 Å². The second-order valence-electron chi connectivity index (χ2n) is 2.76. The molecule has 1 aromatic rings. The molecule has 0 unspecified atom stereocenters. The van der Waals surface area contributed by atoms with Crippen LogP contribution in [-0.4, -0.2) is 6.67 Å². The third-order valence-electron chi connectivity index (χ3n) is 1.79. The van der Waals surface area contributed by atoms with Crippen LogP contribution in [0.25, 0.3) is 0 Å². The fourth-order valence-corrected chi connectivity index (χ4v) is 1.42. The molecule has 0 spiro atoms. The van der Waals surface area contributed by atoms with Crippen LogP contribution in [-0.2, 0) is 0 Å². The quantitative estimate of drug-likeness (QED) is 0.906. The fraction of sp³-hybridized carbons (Fsp3) is 0.333. The van der Waals surface area contributed by atoms with Crippen molar-refractivity contribution in [2.24, 2.45) is 5.73 Å². The van der Waals surface area contributed by atoms with E-state index in [9.17, 15) is 8.78 Å². The van der Waals surface area contributed by atoms with Gasteiger partial charge in [0.05, 0.1) is 11.1 Å². The maximum atomic E-state index is 12.8. The van der Waals surface area contributed by atoms with Crippen molar-refractivity contribution in [3.8, 4) is 0 Å². The zero-order valence-corrected chi connectivity index (χ0v) is 9.75. The van der Waals surface area contributed by atoms with Crippen LogP contribution < -0.4 is 5.73 Å². The lowest BCUT2D eigenvalue weighted by Crippen LogP contribution is -2.10. The molecule has 0 saturated heterocycles. The van der Waals surface area contributed by atoms with Crippen molar-refractivity contribution in [1.29, 1.82) is 0 Å². The molecule has 0 aliphatic heterocycles. The molecule has 0 radical (unpaired) electrons. The molecule has 0 saturated carbocycles. The van der Waals surface area contributed by atoms with Gasteiger partial charge >= 0.3 is 0 Å². The van der Waals surface area contributed by atoms with E-state index in [0.717, 1.165) is 5.56 Å². The number of hydrogen-bond donors (Lipinski definition) is 1. The van der Waals surface area contributed by atoms with Crippen LogP contribution >= 0.6 is 28.3 Å². The van der Waals surface area contributed by atoms with Crippen molar-refractivity contribution in [1.82, 2.24) is 0 Å². The zero-order chi connectivity index (χ0) is 9.84. The molecule has 0 aromatic heterocycles. The van der Waals surface area contributed by atoms with E-state index in [1.165, 1.54) is 6.07 Å². The van der Waals surface area contributed by atoms with E-state index in [0.29, 0.717) is 4.47 Å². The predicted molar refractivity (Wildman–Crippen MR) is 58.9 cm³/mol. The summed E-state index contributed by atoms with van der Waals surface area (Å²) >= 11 is 3.04. The van der Waals surface area contributed by atoms with E-state index in [1.54, 1.807) is 12.1 Å². The van der Waals surface area contributed by atoms with E-state index < -0.39 is 6.67 Å². The van der Waals surface area contributed by atoms with Crippen molar-refractivity contribution in [3.63, 3.8) is 0 Å². The Morgan fingerprint density at radius 2 is 2.07 bits per heavy atom. The van der Waals surface area contributed by atoms with Gasteiger partial charge in [0.1, 0.15) is 5.82 Å². The summed E-state index contributed by atoms with van der Waals surface area (Å²) in [4.78, 5) is 0. The fourth-order valence-electron chi connectivity index (χ4n) is 1.03. The molecule has 0 aliphatic carbocycles. The highest BCUT2D eigenvalue weighted by atomic mass is 79.9. The first-order valence-corrected chi connectivity index (χ1v) is 4.71. The second-order valence-corrected chi connectivity index (χ2v) is 3.61. The molecule has 2 N–H and O–H groups in total. The van der Waals surface area contributed by atoms with Gasteiger partial charge in [-0.05, 0) is 40.0 Å². The Labute approximate surface area is 96.2 Å². The molecular formula is C9H11BrClF2N. The molecule has 0 fully saturated rings. The molecule has 5 heteroatoms. The number of nitrogens with two attached hydrogens (primary N) is 1. The Hall–Kier alpha value is -0.190. The summed E-state index contributed by atoms with van der Waals surface area (Å²) in [5.41, 5.74) is 6.38. The molecular weight excluding hydrogens is 275 g/mol. The number of hydrogen-bond acceptors (Lipinski definition) is 1. The molecule has 80 valence electrons. The lowest BCUT2D eigenvalue weighted by Gasteiger charge is -2.09. The summed E-state index contributed by atoms with van der Waals surface area (Å²) < 4.78 is 25.1. The van der Waals surface area contributed by atoms with Gasteiger partial charge in [-0.2, -0.15) is 0 Å². The van der Waals surface area contributed by atoms with E-state index in [4.69, 9.17) is 5.73 Å². The van der Waals surface area contributed by atoms with Crippen LogP contribution in [0.2, 0.25) is 0 Å². The Balaban J connectivity index is 0.00000169. The number of benzene rings is 1. The van der Waals surface area contributed by atoms with Crippen LogP contribution in [0.1, 0.15) is 18.0 Å². The minimum atomic E-state index is -0.462. The Bertz CT molecular complexity index is 296. The van der Waals surface area contributed by atoms with Gasteiger partial charge in [0.2, 0.25) is 0 Å². The zero-order valence-electron chi connectivity index (χ0n) is 7.34. The average molecular weight is 287 g/mol. The summed E-state index contributed by atoms with van der Waals surface area (Å²) in [6.07, 6.45) is 0.262. The summed E-state index contributed by atoms with van der Waals surface area (Å²) in [7, 11) is 0. The third-order valence-corrected chi connectivity index (χ3v) is 2.40. The molecule has 1 atom stereocenters. The van der Waals surface area contributed by atoms with Gasteiger partial charge in [0.15, 0.2) is 0 Å². The standard InChI is InChI=1S/C9H10BrF2N.ClH/c10-7-5-6(1-2-8(7)12)9(13)3-4-11;/h1-2,5,9H,3-4,13H2;1H/t9-;/m1./s1.